The van der Waals surface area contributed by atoms with Gasteiger partial charge in [0.05, 0.1) is 0 Å². The minimum absolute atomic E-state index is 0.00734. The van der Waals surface area contributed by atoms with E-state index in [2.05, 4.69) is 15.9 Å². The number of ether oxygens (including phenoxy) is 1. The van der Waals surface area contributed by atoms with Crippen LogP contribution in [0.4, 0.5) is 0 Å². The Morgan fingerprint density at radius 2 is 2.00 bits per heavy atom. The molecule has 0 amide bonds. The van der Waals surface area contributed by atoms with Crippen LogP contribution in [0.15, 0.2) is 44.3 Å². The average molecular weight is 404 g/mol. The molecule has 7 nitrogen and oxygen atoms in total. The molecule has 0 bridgehead atoms. The van der Waals surface area contributed by atoms with Crippen molar-refractivity contribution in [1.82, 2.24) is 4.31 Å². The van der Waals surface area contributed by atoms with Crippen molar-refractivity contribution >= 4 is 31.9 Å². The Labute approximate surface area is 141 Å². The van der Waals surface area contributed by atoms with Gasteiger partial charge in [-0.25, -0.2) is 17.5 Å². The van der Waals surface area contributed by atoms with E-state index in [1.807, 2.05) is 0 Å². The summed E-state index contributed by atoms with van der Waals surface area (Å²) in [6, 6.07) is 7.05. The Bertz CT molecular complexity index is 828. The fourth-order valence-electron chi connectivity index (χ4n) is 1.64. The molecule has 124 valence electrons. The van der Waals surface area contributed by atoms with Gasteiger partial charge in [-0.05, 0) is 30.3 Å². The number of phenolic OH excluding ortho intramolecular Hbond substituents is 1. The van der Waals surface area contributed by atoms with Crippen molar-refractivity contribution in [2.45, 2.75) is 11.7 Å². The molecule has 0 aliphatic rings. The summed E-state index contributed by atoms with van der Waals surface area (Å²) >= 11 is 3.19. The second kappa shape index (κ2) is 6.73. The second-order valence-electron chi connectivity index (χ2n) is 4.75. The predicted molar refractivity (Wildman–Crippen MR) is 84.5 cm³/mol. The van der Waals surface area contributed by atoms with Crippen LogP contribution < -0.4 is 0 Å². The van der Waals surface area contributed by atoms with Crippen LogP contribution in [0.5, 0.6) is 5.75 Å². The second-order valence-corrected chi connectivity index (χ2v) is 7.74. The van der Waals surface area contributed by atoms with E-state index in [1.54, 1.807) is 6.07 Å². The molecule has 0 spiro atoms. The monoisotopic (exact) mass is 403 g/mol. The SMILES string of the molecule is CN(C)S(=O)(=O)c1ccc(COC(=O)c2cc(Br)ccc2O)o1. The molecule has 0 atom stereocenters. The number of nitrogens with zero attached hydrogens (tertiary/aromatic N) is 1. The smallest absolute Gasteiger partial charge is 0.342 e. The third-order valence-electron chi connectivity index (χ3n) is 2.90. The van der Waals surface area contributed by atoms with Gasteiger partial charge >= 0.3 is 5.97 Å². The van der Waals surface area contributed by atoms with Crippen LogP contribution >= 0.6 is 15.9 Å². The van der Waals surface area contributed by atoms with Crippen LogP contribution in [0.3, 0.4) is 0 Å². The molecule has 0 aliphatic carbocycles. The van der Waals surface area contributed by atoms with Crippen LogP contribution in [0, 0.1) is 0 Å². The summed E-state index contributed by atoms with van der Waals surface area (Å²) in [5.41, 5.74) is -0.00734. The molecule has 2 rings (SSSR count). The standard InChI is InChI=1S/C14H14BrNO6S/c1-16(2)23(19,20)13-6-4-10(22-13)8-21-14(18)11-7-9(15)3-5-12(11)17/h3-7,17H,8H2,1-2H3. The molecule has 0 unspecified atom stereocenters. The maximum absolute atomic E-state index is 11.9. The highest BCUT2D eigenvalue weighted by Crippen LogP contribution is 2.23. The van der Waals surface area contributed by atoms with Gasteiger partial charge in [0, 0.05) is 18.6 Å². The first-order valence-electron chi connectivity index (χ1n) is 6.38. The summed E-state index contributed by atoms with van der Waals surface area (Å²) in [7, 11) is -0.914. The predicted octanol–water partition coefficient (Wildman–Crippen LogP) is 2.36. The summed E-state index contributed by atoms with van der Waals surface area (Å²) in [5.74, 6) is -0.793. The molecule has 0 radical (unpaired) electrons. The number of sulfonamides is 1. The average Bonchev–Trinajstić information content (AvgIpc) is 2.96. The van der Waals surface area contributed by atoms with Crippen molar-refractivity contribution in [2.75, 3.05) is 14.1 Å². The Morgan fingerprint density at radius 1 is 1.30 bits per heavy atom. The van der Waals surface area contributed by atoms with Gasteiger partial charge in [0.15, 0.2) is 0 Å². The maximum atomic E-state index is 11.9. The Kier molecular flexibility index (Phi) is 5.12. The van der Waals surface area contributed by atoms with Crippen LogP contribution in [0.25, 0.3) is 0 Å². The highest BCUT2D eigenvalue weighted by molar-refractivity contribution is 9.10. The highest BCUT2D eigenvalue weighted by atomic mass is 79.9. The lowest BCUT2D eigenvalue weighted by molar-refractivity contribution is 0.0437. The number of carbonyl (C=O) groups excluding carboxylic acids is 1. The minimum atomic E-state index is -3.68. The Balaban J connectivity index is 2.09. The summed E-state index contributed by atoms with van der Waals surface area (Å²) in [5, 5.41) is 9.41. The van der Waals surface area contributed by atoms with E-state index in [0.717, 1.165) is 4.31 Å². The number of furan rings is 1. The molecule has 0 saturated carbocycles. The van der Waals surface area contributed by atoms with Gasteiger partial charge in [0.25, 0.3) is 10.0 Å². The van der Waals surface area contributed by atoms with Gasteiger partial charge in [-0.1, -0.05) is 15.9 Å². The van der Waals surface area contributed by atoms with Crippen LogP contribution in [-0.2, 0) is 21.4 Å². The number of hydrogen-bond donors (Lipinski definition) is 1. The van der Waals surface area contributed by atoms with Gasteiger partial charge in [-0.15, -0.1) is 0 Å². The molecule has 1 aromatic heterocycles. The lowest BCUT2D eigenvalue weighted by atomic mass is 10.2. The lowest BCUT2D eigenvalue weighted by Gasteiger charge is -2.08. The van der Waals surface area contributed by atoms with Crippen molar-refractivity contribution in [3.8, 4) is 5.75 Å². The van der Waals surface area contributed by atoms with Crippen LogP contribution in [-0.4, -0.2) is 37.9 Å². The summed E-state index contributed by atoms with van der Waals surface area (Å²) in [6.07, 6.45) is 0. The van der Waals surface area contributed by atoms with Gasteiger partial charge < -0.3 is 14.3 Å². The first-order valence-corrected chi connectivity index (χ1v) is 8.62. The third-order valence-corrected chi connectivity index (χ3v) is 5.08. The van der Waals surface area contributed by atoms with E-state index in [0.29, 0.717) is 4.47 Å². The van der Waals surface area contributed by atoms with E-state index >= 15 is 0 Å². The molecule has 0 aliphatic heterocycles. The first kappa shape index (κ1) is 17.5. The molecule has 1 aromatic carbocycles. The number of esters is 1. The number of carbonyl (C=O) groups is 1. The topological polar surface area (TPSA) is 97.0 Å². The number of benzene rings is 1. The van der Waals surface area contributed by atoms with Crippen molar-refractivity contribution in [1.29, 1.82) is 0 Å². The molecule has 2 aromatic rings. The summed E-state index contributed by atoms with van der Waals surface area (Å²) < 4.78 is 35.6. The number of halogens is 1. The fourth-order valence-corrected chi connectivity index (χ4v) is 2.81. The molecule has 23 heavy (non-hydrogen) atoms. The lowest BCUT2D eigenvalue weighted by Crippen LogP contribution is -2.21. The van der Waals surface area contributed by atoms with Crippen molar-refractivity contribution in [3.63, 3.8) is 0 Å². The zero-order valence-corrected chi connectivity index (χ0v) is 14.7. The molecular formula is C14H14BrNO6S. The van der Waals surface area contributed by atoms with Gasteiger partial charge in [0.2, 0.25) is 5.09 Å². The number of hydrogen-bond acceptors (Lipinski definition) is 6. The highest BCUT2D eigenvalue weighted by Gasteiger charge is 2.22. The van der Waals surface area contributed by atoms with Crippen molar-refractivity contribution < 1.29 is 27.5 Å². The molecule has 1 N–H and O–H groups in total. The van der Waals surface area contributed by atoms with E-state index in [4.69, 9.17) is 9.15 Å². The zero-order valence-electron chi connectivity index (χ0n) is 12.3. The Hall–Kier alpha value is -1.84. The van der Waals surface area contributed by atoms with E-state index in [1.165, 1.54) is 38.4 Å². The normalized spacial score (nSPS) is 11.7. The van der Waals surface area contributed by atoms with Crippen LogP contribution in [0.1, 0.15) is 16.1 Å². The first-order chi connectivity index (χ1) is 10.7. The fraction of sp³-hybridized carbons (Fsp3) is 0.214. The van der Waals surface area contributed by atoms with E-state index < -0.39 is 16.0 Å². The quantitative estimate of drug-likeness (QED) is 0.769. The molecule has 1 heterocycles. The molecular weight excluding hydrogens is 390 g/mol. The molecule has 0 saturated heterocycles. The van der Waals surface area contributed by atoms with Gasteiger partial charge in [0.1, 0.15) is 23.7 Å². The molecule has 9 heteroatoms. The third kappa shape index (κ3) is 3.92. The van der Waals surface area contributed by atoms with Crippen molar-refractivity contribution in [2.24, 2.45) is 0 Å². The Morgan fingerprint density at radius 3 is 2.65 bits per heavy atom. The van der Waals surface area contributed by atoms with E-state index in [9.17, 15) is 18.3 Å². The van der Waals surface area contributed by atoms with Gasteiger partial charge in [-0.2, -0.15) is 0 Å². The zero-order chi connectivity index (χ0) is 17.2. The van der Waals surface area contributed by atoms with E-state index in [-0.39, 0.29) is 28.8 Å². The number of rotatable bonds is 5. The van der Waals surface area contributed by atoms with Crippen molar-refractivity contribution in [3.05, 3.63) is 46.1 Å². The maximum Gasteiger partial charge on any atom is 0.342 e. The summed E-state index contributed by atoms with van der Waals surface area (Å²) in [6.45, 7) is -0.256. The molecule has 0 fully saturated rings. The minimum Gasteiger partial charge on any atom is -0.507 e. The number of phenols is 1. The van der Waals surface area contributed by atoms with Gasteiger partial charge in [-0.3, -0.25) is 0 Å². The van der Waals surface area contributed by atoms with Crippen LogP contribution in [0.2, 0.25) is 0 Å². The largest absolute Gasteiger partial charge is 0.507 e. The number of aromatic hydroxyl groups is 1. The summed E-state index contributed by atoms with van der Waals surface area (Å²) in [4.78, 5) is 11.9.